The molecular weight excluding hydrogens is 261 g/mol. The molecule has 0 aliphatic carbocycles. The fraction of sp³-hybridized carbons (Fsp3) is 0.267. The lowest BCUT2D eigenvalue weighted by Gasteiger charge is -2.14. The van der Waals surface area contributed by atoms with E-state index in [9.17, 15) is 14.3 Å². The third-order valence-corrected chi connectivity index (χ3v) is 2.91. The summed E-state index contributed by atoms with van der Waals surface area (Å²) in [7, 11) is 0. The van der Waals surface area contributed by atoms with E-state index in [1.807, 2.05) is 0 Å². The van der Waals surface area contributed by atoms with Crippen molar-refractivity contribution in [3.63, 3.8) is 0 Å². The molecule has 0 radical (unpaired) electrons. The predicted octanol–water partition coefficient (Wildman–Crippen LogP) is 2.12. The Hall–Kier alpha value is -2.14. The minimum Gasteiger partial charge on any atom is -0.491 e. The van der Waals surface area contributed by atoms with E-state index < -0.39 is 11.9 Å². The van der Waals surface area contributed by atoms with Gasteiger partial charge in [0.2, 0.25) is 0 Å². The summed E-state index contributed by atoms with van der Waals surface area (Å²) in [6.07, 6.45) is 0.914. The van der Waals surface area contributed by atoms with Crippen LogP contribution < -0.4 is 10.3 Å². The van der Waals surface area contributed by atoms with E-state index in [1.54, 1.807) is 25.3 Å². The summed E-state index contributed by atoms with van der Waals surface area (Å²) in [5.74, 6) is -0.134. The Balaban J connectivity index is 2.06. The van der Waals surface area contributed by atoms with Crippen molar-refractivity contribution in [2.45, 2.75) is 19.6 Å². The van der Waals surface area contributed by atoms with Crippen molar-refractivity contribution in [3.05, 3.63) is 64.3 Å². The molecule has 1 aromatic carbocycles. The molecule has 0 fully saturated rings. The van der Waals surface area contributed by atoms with Crippen molar-refractivity contribution < 1.29 is 14.2 Å². The van der Waals surface area contributed by atoms with Crippen LogP contribution in [0.15, 0.2) is 47.4 Å². The highest BCUT2D eigenvalue weighted by molar-refractivity contribution is 5.35. The zero-order chi connectivity index (χ0) is 14.5. The first-order valence-corrected chi connectivity index (χ1v) is 6.33. The standard InChI is InChI=1S/C15H16FNO3/c1-11(18)13-6-5-12(16)10-14(13)20-9-8-17-7-3-2-4-15(17)19/h2-7,10-11,18H,8-9H2,1H3/t11-/m1/s1. The van der Waals surface area contributed by atoms with Crippen LogP contribution >= 0.6 is 0 Å². The molecule has 0 aliphatic rings. The molecule has 106 valence electrons. The van der Waals surface area contributed by atoms with E-state index >= 15 is 0 Å². The zero-order valence-corrected chi connectivity index (χ0v) is 11.1. The van der Waals surface area contributed by atoms with Gasteiger partial charge in [-0.2, -0.15) is 0 Å². The van der Waals surface area contributed by atoms with Crippen LogP contribution in [0.3, 0.4) is 0 Å². The number of aliphatic hydroxyl groups is 1. The van der Waals surface area contributed by atoms with Crippen LogP contribution in [0.25, 0.3) is 0 Å². The number of halogens is 1. The van der Waals surface area contributed by atoms with Crippen molar-refractivity contribution in [1.29, 1.82) is 0 Å². The maximum atomic E-state index is 13.2. The molecule has 1 atom stereocenters. The van der Waals surface area contributed by atoms with Gasteiger partial charge in [-0.1, -0.05) is 6.07 Å². The monoisotopic (exact) mass is 277 g/mol. The second-order valence-corrected chi connectivity index (χ2v) is 4.44. The summed E-state index contributed by atoms with van der Waals surface area (Å²) in [5, 5.41) is 9.60. The Labute approximate surface area is 116 Å². The largest absolute Gasteiger partial charge is 0.491 e. The van der Waals surface area contributed by atoms with E-state index in [0.717, 1.165) is 0 Å². The molecule has 0 saturated heterocycles. The van der Waals surface area contributed by atoms with E-state index in [-0.39, 0.29) is 12.2 Å². The Morgan fingerprint density at radius 1 is 1.35 bits per heavy atom. The molecule has 0 unspecified atom stereocenters. The van der Waals surface area contributed by atoms with Crippen LogP contribution in [-0.4, -0.2) is 16.3 Å². The van der Waals surface area contributed by atoms with Gasteiger partial charge in [0.25, 0.3) is 5.56 Å². The molecule has 0 saturated carbocycles. The Morgan fingerprint density at radius 2 is 2.15 bits per heavy atom. The second-order valence-electron chi connectivity index (χ2n) is 4.44. The van der Waals surface area contributed by atoms with Gasteiger partial charge < -0.3 is 14.4 Å². The van der Waals surface area contributed by atoms with Gasteiger partial charge in [-0.05, 0) is 25.1 Å². The number of pyridine rings is 1. The number of aromatic nitrogens is 1. The normalized spacial score (nSPS) is 12.2. The van der Waals surface area contributed by atoms with E-state index in [2.05, 4.69) is 0 Å². The maximum absolute atomic E-state index is 13.2. The number of hydrogen-bond acceptors (Lipinski definition) is 3. The molecular formula is C15H16FNO3. The summed E-state index contributed by atoms with van der Waals surface area (Å²) >= 11 is 0. The number of rotatable bonds is 5. The van der Waals surface area contributed by atoms with Gasteiger partial charge in [-0.3, -0.25) is 4.79 Å². The quantitative estimate of drug-likeness (QED) is 0.910. The van der Waals surface area contributed by atoms with Crippen molar-refractivity contribution in [2.75, 3.05) is 6.61 Å². The molecule has 0 bridgehead atoms. The van der Waals surface area contributed by atoms with Crippen LogP contribution in [0.4, 0.5) is 4.39 Å². The fourth-order valence-electron chi connectivity index (χ4n) is 1.88. The lowest BCUT2D eigenvalue weighted by molar-refractivity contribution is 0.190. The highest BCUT2D eigenvalue weighted by Crippen LogP contribution is 2.25. The predicted molar refractivity (Wildman–Crippen MR) is 73.2 cm³/mol. The van der Waals surface area contributed by atoms with E-state index in [4.69, 9.17) is 4.74 Å². The molecule has 0 spiro atoms. The average molecular weight is 277 g/mol. The highest BCUT2D eigenvalue weighted by Gasteiger charge is 2.10. The first-order valence-electron chi connectivity index (χ1n) is 6.33. The fourth-order valence-corrected chi connectivity index (χ4v) is 1.88. The first-order chi connectivity index (χ1) is 9.58. The van der Waals surface area contributed by atoms with Crippen LogP contribution in [0.2, 0.25) is 0 Å². The summed E-state index contributed by atoms with van der Waals surface area (Å²) in [6, 6.07) is 8.88. The molecule has 2 aromatic rings. The van der Waals surface area contributed by atoms with Crippen LogP contribution in [0, 0.1) is 5.82 Å². The second kappa shape index (κ2) is 6.34. The van der Waals surface area contributed by atoms with E-state index in [1.165, 1.54) is 28.8 Å². The van der Waals surface area contributed by atoms with Gasteiger partial charge in [0, 0.05) is 23.9 Å². The van der Waals surface area contributed by atoms with Gasteiger partial charge in [-0.25, -0.2) is 4.39 Å². The third-order valence-electron chi connectivity index (χ3n) is 2.91. The summed E-state index contributed by atoms with van der Waals surface area (Å²) in [6.45, 7) is 2.16. The minimum absolute atomic E-state index is 0.119. The molecule has 20 heavy (non-hydrogen) atoms. The number of benzene rings is 1. The zero-order valence-electron chi connectivity index (χ0n) is 11.1. The molecule has 1 heterocycles. The molecule has 0 aliphatic heterocycles. The summed E-state index contributed by atoms with van der Waals surface area (Å²) in [5.41, 5.74) is 0.401. The lowest BCUT2D eigenvalue weighted by Crippen LogP contribution is -2.21. The molecule has 1 aromatic heterocycles. The summed E-state index contributed by atoms with van der Waals surface area (Å²) < 4.78 is 20.2. The summed E-state index contributed by atoms with van der Waals surface area (Å²) in [4.78, 5) is 11.5. The van der Waals surface area contributed by atoms with Crippen molar-refractivity contribution in [3.8, 4) is 5.75 Å². The smallest absolute Gasteiger partial charge is 0.250 e. The number of hydrogen-bond donors (Lipinski definition) is 1. The number of ether oxygens (including phenoxy) is 1. The van der Waals surface area contributed by atoms with E-state index in [0.29, 0.717) is 17.9 Å². The Bertz CT molecular complexity index is 637. The third kappa shape index (κ3) is 3.45. The lowest BCUT2D eigenvalue weighted by atomic mass is 10.1. The molecule has 1 N–H and O–H groups in total. The van der Waals surface area contributed by atoms with Crippen LogP contribution in [0.5, 0.6) is 5.75 Å². The van der Waals surface area contributed by atoms with Crippen molar-refractivity contribution in [1.82, 2.24) is 4.57 Å². The van der Waals surface area contributed by atoms with Crippen molar-refractivity contribution >= 4 is 0 Å². The first kappa shape index (κ1) is 14.3. The van der Waals surface area contributed by atoms with Gasteiger partial charge in [0.05, 0.1) is 12.6 Å². The Morgan fingerprint density at radius 3 is 2.85 bits per heavy atom. The van der Waals surface area contributed by atoms with Crippen LogP contribution in [-0.2, 0) is 6.54 Å². The van der Waals surface area contributed by atoms with Gasteiger partial charge in [0.1, 0.15) is 18.2 Å². The average Bonchev–Trinajstić information content (AvgIpc) is 2.41. The SMILES string of the molecule is C[C@@H](O)c1ccc(F)cc1OCCn1ccccc1=O. The number of nitrogens with zero attached hydrogens (tertiary/aromatic N) is 1. The van der Waals surface area contributed by atoms with Gasteiger partial charge in [0.15, 0.2) is 0 Å². The highest BCUT2D eigenvalue weighted by atomic mass is 19.1. The number of aliphatic hydroxyl groups excluding tert-OH is 1. The Kier molecular flexibility index (Phi) is 4.53. The molecule has 2 rings (SSSR count). The van der Waals surface area contributed by atoms with Crippen molar-refractivity contribution in [2.24, 2.45) is 0 Å². The van der Waals surface area contributed by atoms with Crippen LogP contribution in [0.1, 0.15) is 18.6 Å². The molecule has 4 nitrogen and oxygen atoms in total. The van der Waals surface area contributed by atoms with Gasteiger partial charge in [-0.15, -0.1) is 0 Å². The topological polar surface area (TPSA) is 51.5 Å². The van der Waals surface area contributed by atoms with Gasteiger partial charge >= 0.3 is 0 Å². The minimum atomic E-state index is -0.745. The maximum Gasteiger partial charge on any atom is 0.250 e. The molecule has 0 amide bonds. The molecule has 5 heteroatoms.